The quantitative estimate of drug-likeness (QED) is 0.186. The molecule has 1 aliphatic heterocycles. The molecule has 12 rings (SSSR count). The molecule has 6 heteroatoms. The topological polar surface area (TPSA) is 41.7 Å². The summed E-state index contributed by atoms with van der Waals surface area (Å²) in [5, 5.41) is 11.2. The Morgan fingerprint density at radius 2 is 1.12 bits per heavy atom. The van der Waals surface area contributed by atoms with Crippen LogP contribution in [-0.2, 0) is 0 Å². The van der Waals surface area contributed by atoms with Crippen LogP contribution in [0.4, 0.5) is 0 Å². The number of amidine groups is 2. The number of para-hydroxylation sites is 2. The molecule has 0 saturated heterocycles. The first-order valence-corrected chi connectivity index (χ1v) is 20.8. The van der Waals surface area contributed by atoms with Crippen molar-refractivity contribution in [3.05, 3.63) is 199 Å². The molecule has 0 saturated carbocycles. The molecule has 1 atom stereocenters. The predicted molar refractivity (Wildman–Crippen MR) is 244 cm³/mol. The van der Waals surface area contributed by atoms with Crippen LogP contribution in [0.2, 0.25) is 0 Å². The van der Waals surface area contributed by atoms with E-state index in [0.717, 1.165) is 28.4 Å². The Bertz CT molecular complexity index is 3390. The number of hydrogen-bond donors (Lipinski definition) is 1. The first kappa shape index (κ1) is 32.4. The van der Waals surface area contributed by atoms with Gasteiger partial charge in [-0.15, -0.1) is 22.7 Å². The van der Waals surface area contributed by atoms with E-state index >= 15 is 0 Å². The van der Waals surface area contributed by atoms with Gasteiger partial charge in [-0.2, -0.15) is 0 Å². The predicted octanol–water partition coefficient (Wildman–Crippen LogP) is 13.7. The highest BCUT2D eigenvalue weighted by atomic mass is 32.1. The van der Waals surface area contributed by atoms with E-state index in [9.17, 15) is 0 Å². The Hall–Kier alpha value is -6.86. The fourth-order valence-electron chi connectivity index (χ4n) is 8.72. The summed E-state index contributed by atoms with van der Waals surface area (Å²) in [7, 11) is 0. The van der Waals surface area contributed by atoms with Crippen molar-refractivity contribution in [3.8, 4) is 16.8 Å². The molecule has 268 valence electrons. The third kappa shape index (κ3) is 5.11. The van der Waals surface area contributed by atoms with E-state index in [1.807, 2.05) is 34.8 Å². The number of nitrogens with one attached hydrogen (secondary N) is 1. The van der Waals surface area contributed by atoms with Gasteiger partial charge < -0.3 is 9.88 Å². The van der Waals surface area contributed by atoms with Crippen molar-refractivity contribution in [1.82, 2.24) is 9.88 Å². The highest BCUT2D eigenvalue weighted by Crippen LogP contribution is 2.46. The number of aromatic nitrogens is 1. The summed E-state index contributed by atoms with van der Waals surface area (Å²) in [4.78, 5) is 10.4. The van der Waals surface area contributed by atoms with Crippen molar-refractivity contribution in [2.75, 3.05) is 0 Å². The highest BCUT2D eigenvalue weighted by Gasteiger charge is 2.24. The van der Waals surface area contributed by atoms with Crippen LogP contribution < -0.4 is 5.32 Å². The standard InChI is InChI=1S/C51H32N4S2/c1-3-14-31(15-4-1)49-52-50(32-16-5-2-6-17-32)54-51(53-49)39-22-11-21-38-37-29-28-33(30-45(37)57-48(38)39)34-20-12-26-43-46(34)47-42(25-13-27-44(47)56-43)55-40-23-9-7-18-35(40)36-19-8-10-24-41(36)55/h1-30,49H,(H,52,53,54). The zero-order valence-corrected chi connectivity index (χ0v) is 32.2. The zero-order chi connectivity index (χ0) is 37.5. The van der Waals surface area contributed by atoms with Crippen LogP contribution in [0.1, 0.15) is 22.9 Å². The van der Waals surface area contributed by atoms with Crippen LogP contribution in [0, 0.1) is 0 Å². The maximum absolute atomic E-state index is 5.23. The van der Waals surface area contributed by atoms with Crippen molar-refractivity contribution in [2.45, 2.75) is 6.17 Å². The van der Waals surface area contributed by atoms with Gasteiger partial charge in [-0.05, 0) is 59.2 Å². The smallest absolute Gasteiger partial charge is 0.160 e. The molecule has 3 aromatic heterocycles. The van der Waals surface area contributed by atoms with E-state index in [2.05, 4.69) is 180 Å². The average molecular weight is 765 g/mol. The molecule has 4 nitrogen and oxygen atoms in total. The number of benzene rings is 8. The molecule has 0 spiro atoms. The monoisotopic (exact) mass is 764 g/mol. The molecular formula is C51H32N4S2. The maximum atomic E-state index is 5.23. The third-order valence-electron chi connectivity index (χ3n) is 11.3. The van der Waals surface area contributed by atoms with Crippen molar-refractivity contribution in [2.24, 2.45) is 9.98 Å². The van der Waals surface area contributed by atoms with Crippen LogP contribution >= 0.6 is 22.7 Å². The summed E-state index contributed by atoms with van der Waals surface area (Å²) < 4.78 is 7.48. The van der Waals surface area contributed by atoms with Gasteiger partial charge in [0.15, 0.2) is 5.84 Å². The Morgan fingerprint density at radius 3 is 1.91 bits per heavy atom. The number of thiophene rings is 2. The second-order valence-electron chi connectivity index (χ2n) is 14.5. The van der Waals surface area contributed by atoms with E-state index in [4.69, 9.17) is 9.98 Å². The minimum atomic E-state index is -0.251. The van der Waals surface area contributed by atoms with Gasteiger partial charge in [0.25, 0.3) is 0 Å². The van der Waals surface area contributed by atoms with E-state index in [0.29, 0.717) is 0 Å². The van der Waals surface area contributed by atoms with Crippen LogP contribution in [0.15, 0.2) is 192 Å². The lowest BCUT2D eigenvalue weighted by Gasteiger charge is -2.23. The molecule has 4 heterocycles. The van der Waals surface area contributed by atoms with Gasteiger partial charge in [0.1, 0.15) is 12.0 Å². The summed E-state index contributed by atoms with van der Waals surface area (Å²) in [5.74, 6) is 1.57. The average Bonchev–Trinajstić information content (AvgIpc) is 3.96. The number of rotatable bonds is 5. The van der Waals surface area contributed by atoms with Gasteiger partial charge >= 0.3 is 0 Å². The molecule has 57 heavy (non-hydrogen) atoms. The number of nitrogens with zero attached hydrogens (tertiary/aromatic N) is 3. The molecule has 11 aromatic rings. The van der Waals surface area contributed by atoms with Crippen molar-refractivity contribution in [1.29, 1.82) is 0 Å². The summed E-state index contributed by atoms with van der Waals surface area (Å²) in [5.41, 5.74) is 9.30. The Morgan fingerprint density at radius 1 is 0.474 bits per heavy atom. The van der Waals surface area contributed by atoms with Crippen LogP contribution in [-0.4, -0.2) is 16.2 Å². The lowest BCUT2D eigenvalue weighted by Crippen LogP contribution is -2.33. The fraction of sp³-hybridized carbons (Fsp3) is 0.0196. The maximum Gasteiger partial charge on any atom is 0.160 e. The first-order valence-electron chi connectivity index (χ1n) is 19.2. The molecule has 1 aliphatic rings. The molecule has 1 unspecified atom stereocenters. The number of hydrogen-bond acceptors (Lipinski definition) is 5. The van der Waals surface area contributed by atoms with E-state index in [1.165, 1.54) is 79.0 Å². The molecule has 0 radical (unpaired) electrons. The van der Waals surface area contributed by atoms with E-state index in [-0.39, 0.29) is 6.17 Å². The third-order valence-corrected chi connectivity index (χ3v) is 13.6. The molecule has 0 aliphatic carbocycles. The Labute approximate surface area is 336 Å². The molecule has 0 amide bonds. The van der Waals surface area contributed by atoms with Crippen LogP contribution in [0.3, 0.4) is 0 Å². The van der Waals surface area contributed by atoms with Gasteiger partial charge in [0.2, 0.25) is 0 Å². The summed E-state index contributed by atoms with van der Waals surface area (Å²) in [6.45, 7) is 0. The van der Waals surface area contributed by atoms with Crippen molar-refractivity contribution in [3.63, 3.8) is 0 Å². The second kappa shape index (κ2) is 12.8. The van der Waals surface area contributed by atoms with Gasteiger partial charge in [-0.1, -0.05) is 140 Å². The lowest BCUT2D eigenvalue weighted by molar-refractivity contribution is 0.674. The SMILES string of the molecule is c1ccc(C2=NC(c3cccc4c3sc3cc(-c5cccc6sc7cccc(-n8c9ccccc9c9ccccc98)c7c56)ccc34)=NC(c3ccccc3)N2)cc1. The zero-order valence-electron chi connectivity index (χ0n) is 30.6. The van der Waals surface area contributed by atoms with Gasteiger partial charge in [0, 0.05) is 62.2 Å². The summed E-state index contributed by atoms with van der Waals surface area (Å²) in [6, 6.07) is 65.4. The highest BCUT2D eigenvalue weighted by molar-refractivity contribution is 7.26. The van der Waals surface area contributed by atoms with Crippen molar-refractivity contribution < 1.29 is 0 Å². The molecule has 1 N–H and O–H groups in total. The summed E-state index contributed by atoms with van der Waals surface area (Å²) in [6.07, 6.45) is -0.251. The molecule has 0 fully saturated rings. The minimum absolute atomic E-state index is 0.251. The molecule has 8 aromatic carbocycles. The van der Waals surface area contributed by atoms with Crippen LogP contribution in [0.25, 0.3) is 79.0 Å². The largest absolute Gasteiger partial charge is 0.344 e. The van der Waals surface area contributed by atoms with Gasteiger partial charge in [-0.25, -0.2) is 9.98 Å². The minimum Gasteiger partial charge on any atom is -0.344 e. The molecular weight excluding hydrogens is 733 g/mol. The lowest BCUT2D eigenvalue weighted by atomic mass is 9.97. The van der Waals surface area contributed by atoms with Gasteiger partial charge in [-0.3, -0.25) is 0 Å². The molecule has 0 bridgehead atoms. The normalized spacial score (nSPS) is 14.5. The van der Waals surface area contributed by atoms with E-state index < -0.39 is 0 Å². The van der Waals surface area contributed by atoms with E-state index in [1.54, 1.807) is 0 Å². The van der Waals surface area contributed by atoms with Crippen molar-refractivity contribution >= 4 is 96.5 Å². The van der Waals surface area contributed by atoms with Crippen LogP contribution in [0.5, 0.6) is 0 Å². The number of fused-ring (bicyclic) bond motifs is 9. The Kier molecular flexibility index (Phi) is 7.30. The fourth-order valence-corrected chi connectivity index (χ4v) is 11.1. The van der Waals surface area contributed by atoms with Gasteiger partial charge in [0.05, 0.1) is 16.7 Å². The first-order chi connectivity index (χ1) is 28.3. The Balaban J connectivity index is 1.04. The summed E-state index contributed by atoms with van der Waals surface area (Å²) >= 11 is 3.70. The number of aliphatic imine (C=N–C) groups is 2. The second-order valence-corrected chi connectivity index (χ2v) is 16.7.